The topological polar surface area (TPSA) is 91.4 Å². The van der Waals surface area contributed by atoms with Gasteiger partial charge in [-0.05, 0) is 38.8 Å². The van der Waals surface area contributed by atoms with E-state index < -0.39 is 23.6 Å². The zero-order valence-electron chi connectivity index (χ0n) is 20.0. The van der Waals surface area contributed by atoms with Crippen LogP contribution in [0.3, 0.4) is 0 Å². The van der Waals surface area contributed by atoms with Crippen molar-refractivity contribution in [2.75, 3.05) is 32.8 Å². The van der Waals surface area contributed by atoms with E-state index in [2.05, 4.69) is 0 Å². The molecule has 11 heteroatoms. The summed E-state index contributed by atoms with van der Waals surface area (Å²) >= 11 is 8.20. The monoisotopic (exact) mass is 535 g/mol. The molecule has 1 aromatic rings. The fourth-order valence-electron chi connectivity index (χ4n) is 4.23. The van der Waals surface area contributed by atoms with Crippen LogP contribution in [-0.4, -0.2) is 62.3 Å². The zero-order valence-corrected chi connectivity index (χ0v) is 22.4. The van der Waals surface area contributed by atoms with Gasteiger partial charge in [-0.1, -0.05) is 35.7 Å². The molecule has 4 rings (SSSR count). The van der Waals surface area contributed by atoms with Gasteiger partial charge in [0, 0.05) is 23.8 Å². The van der Waals surface area contributed by atoms with E-state index in [1.54, 1.807) is 24.1 Å². The highest BCUT2D eigenvalue weighted by atomic mass is 32.2. The van der Waals surface area contributed by atoms with Crippen LogP contribution in [0.5, 0.6) is 5.75 Å². The van der Waals surface area contributed by atoms with Crippen LogP contribution in [-0.2, 0) is 28.6 Å². The Bertz CT molecular complexity index is 1150. The third-order valence-electron chi connectivity index (χ3n) is 6.02. The Morgan fingerprint density at radius 1 is 1.09 bits per heavy atom. The van der Waals surface area contributed by atoms with Gasteiger partial charge in [0.15, 0.2) is 0 Å². The molecule has 3 heterocycles. The Morgan fingerprint density at radius 3 is 2.23 bits per heavy atom. The van der Waals surface area contributed by atoms with Crippen molar-refractivity contribution in [3.05, 3.63) is 37.8 Å². The number of fused-ring (bicyclic) bond motifs is 1. The van der Waals surface area contributed by atoms with Crippen molar-refractivity contribution < 1.29 is 33.3 Å². The highest BCUT2D eigenvalue weighted by molar-refractivity contribution is 8.29. The molecule has 0 aromatic heterocycles. The van der Waals surface area contributed by atoms with Crippen molar-refractivity contribution in [1.82, 2.24) is 0 Å². The van der Waals surface area contributed by atoms with Crippen molar-refractivity contribution in [2.45, 2.75) is 38.3 Å². The van der Waals surface area contributed by atoms with Gasteiger partial charge in [-0.25, -0.2) is 9.59 Å². The first-order chi connectivity index (χ1) is 16.6. The average molecular weight is 536 g/mol. The second-order valence-electron chi connectivity index (χ2n) is 8.45. The van der Waals surface area contributed by atoms with Crippen LogP contribution in [0.15, 0.2) is 32.2 Å². The molecule has 3 aliphatic heterocycles. The summed E-state index contributed by atoms with van der Waals surface area (Å²) in [5, 5.41) is 0. The quantitative estimate of drug-likeness (QED) is 0.319. The number of methoxy groups -OCH3 is 3. The summed E-state index contributed by atoms with van der Waals surface area (Å²) < 4.78 is 21.6. The smallest absolute Gasteiger partial charge is 0.346 e. The van der Waals surface area contributed by atoms with Crippen LogP contribution in [0, 0.1) is 0 Å². The van der Waals surface area contributed by atoms with E-state index in [0.717, 1.165) is 29.9 Å². The van der Waals surface area contributed by atoms with Gasteiger partial charge >= 0.3 is 11.9 Å². The maximum atomic E-state index is 13.7. The molecule has 186 valence electrons. The van der Waals surface area contributed by atoms with E-state index in [4.69, 9.17) is 31.2 Å². The number of ether oxygens (including phenoxy) is 4. The number of rotatable bonds is 4. The first-order valence-corrected chi connectivity index (χ1v) is 12.9. The van der Waals surface area contributed by atoms with Gasteiger partial charge in [-0.3, -0.25) is 9.69 Å². The van der Waals surface area contributed by atoms with Crippen molar-refractivity contribution in [3.8, 4) is 5.75 Å². The molecule has 1 atom stereocenters. The minimum atomic E-state index is -0.902. The number of carbonyl (C=O) groups is 3. The summed E-state index contributed by atoms with van der Waals surface area (Å²) in [6, 6.07) is 5.42. The largest absolute Gasteiger partial charge is 0.497 e. The molecule has 0 aliphatic carbocycles. The fraction of sp³-hybridized carbons (Fsp3) is 0.417. The van der Waals surface area contributed by atoms with Gasteiger partial charge in [-0.15, -0.1) is 0 Å². The number of nitrogens with zero attached hydrogens (tertiary/aromatic N) is 1. The molecular weight excluding hydrogens is 510 g/mol. The molecule has 0 spiro atoms. The predicted molar refractivity (Wildman–Crippen MR) is 139 cm³/mol. The van der Waals surface area contributed by atoms with Gasteiger partial charge in [0.25, 0.3) is 5.91 Å². The second kappa shape index (κ2) is 9.96. The summed E-state index contributed by atoms with van der Waals surface area (Å²) in [5.74, 6) is -0.852. The molecule has 0 N–H and O–H groups in total. The van der Waals surface area contributed by atoms with Crippen LogP contribution in [0.1, 0.15) is 32.3 Å². The van der Waals surface area contributed by atoms with Crippen molar-refractivity contribution in [2.24, 2.45) is 0 Å². The number of benzene rings is 1. The molecule has 1 saturated heterocycles. The van der Waals surface area contributed by atoms with Crippen LogP contribution < -0.4 is 9.64 Å². The van der Waals surface area contributed by atoms with E-state index in [1.165, 1.54) is 14.2 Å². The highest BCUT2D eigenvalue weighted by Crippen LogP contribution is 2.56. The molecule has 1 amide bonds. The van der Waals surface area contributed by atoms with E-state index in [1.807, 2.05) is 19.9 Å². The lowest BCUT2D eigenvalue weighted by Crippen LogP contribution is -2.58. The summed E-state index contributed by atoms with van der Waals surface area (Å²) in [6.07, 6.45) is 0.923. The Kier molecular flexibility index (Phi) is 7.33. The standard InChI is InChI=1S/C24H25NO7S3/c1-24(2)19(33)16(23-34-17(21(27)30-4)18(35-23)22(28)31-5)13-9-8-12(29-3)11-14(13)25(24)20(26)15-7-6-10-32-15/h8-9,11,15H,6-7,10H2,1-5H3/t15-/m0/s1. The molecule has 1 fully saturated rings. The van der Waals surface area contributed by atoms with Crippen LogP contribution in [0.4, 0.5) is 5.69 Å². The van der Waals surface area contributed by atoms with E-state index in [-0.39, 0.29) is 15.7 Å². The van der Waals surface area contributed by atoms with Gasteiger partial charge in [0.1, 0.15) is 21.7 Å². The first-order valence-electron chi connectivity index (χ1n) is 10.9. The normalized spacial score (nSPS) is 21.2. The molecule has 8 nitrogen and oxygen atoms in total. The number of thioether (sulfide) groups is 2. The van der Waals surface area contributed by atoms with Gasteiger partial charge < -0.3 is 18.9 Å². The van der Waals surface area contributed by atoms with Gasteiger partial charge in [-0.2, -0.15) is 0 Å². The number of thiocarbonyl (C=S) groups is 1. The Hall–Kier alpha value is -2.34. The molecule has 0 saturated carbocycles. The Morgan fingerprint density at radius 2 is 1.71 bits per heavy atom. The summed E-state index contributed by atoms with van der Waals surface area (Å²) in [5.41, 5.74) is 1.10. The van der Waals surface area contributed by atoms with Crippen LogP contribution in [0.2, 0.25) is 0 Å². The number of amides is 1. The minimum Gasteiger partial charge on any atom is -0.497 e. The highest BCUT2D eigenvalue weighted by Gasteiger charge is 2.48. The zero-order chi connectivity index (χ0) is 25.5. The fourth-order valence-corrected chi connectivity index (χ4v) is 7.27. The number of esters is 2. The third kappa shape index (κ3) is 4.39. The third-order valence-corrected chi connectivity index (χ3v) is 9.29. The Balaban J connectivity index is 1.90. The molecule has 3 aliphatic rings. The maximum Gasteiger partial charge on any atom is 0.346 e. The SMILES string of the molecule is COC(=O)C1=C(C(=O)OC)SC(=C2C(=S)C(C)(C)N(C(=O)[C@@H]3CCCO3)c3cc(OC)ccc32)S1. The lowest BCUT2D eigenvalue weighted by Gasteiger charge is -2.46. The minimum absolute atomic E-state index is 0.139. The number of hydrogen-bond acceptors (Lipinski definition) is 10. The molecular formula is C24H25NO7S3. The molecule has 0 unspecified atom stereocenters. The average Bonchev–Trinajstić information content (AvgIpc) is 3.54. The second-order valence-corrected chi connectivity index (χ2v) is 11.2. The van der Waals surface area contributed by atoms with Crippen molar-refractivity contribution >= 4 is 69.7 Å². The van der Waals surface area contributed by atoms with Crippen molar-refractivity contribution in [1.29, 1.82) is 0 Å². The van der Waals surface area contributed by atoms with E-state index in [9.17, 15) is 14.4 Å². The Labute approximate surface area is 217 Å². The van der Waals surface area contributed by atoms with E-state index in [0.29, 0.717) is 44.7 Å². The van der Waals surface area contributed by atoms with Crippen LogP contribution >= 0.6 is 35.7 Å². The lowest BCUT2D eigenvalue weighted by atomic mass is 9.83. The molecule has 0 bridgehead atoms. The molecule has 35 heavy (non-hydrogen) atoms. The summed E-state index contributed by atoms with van der Waals surface area (Å²) in [6.45, 7) is 4.30. The number of carbonyl (C=O) groups excluding carboxylic acids is 3. The summed E-state index contributed by atoms with van der Waals surface area (Å²) in [4.78, 5) is 41.0. The van der Waals surface area contributed by atoms with Crippen molar-refractivity contribution in [3.63, 3.8) is 0 Å². The van der Waals surface area contributed by atoms with Crippen LogP contribution in [0.25, 0.3) is 5.57 Å². The van der Waals surface area contributed by atoms with Gasteiger partial charge in [0.05, 0.1) is 41.7 Å². The molecule has 0 radical (unpaired) electrons. The lowest BCUT2D eigenvalue weighted by molar-refractivity contribution is -0.138. The first kappa shape index (κ1) is 25.7. The van der Waals surface area contributed by atoms with E-state index >= 15 is 0 Å². The number of anilines is 1. The summed E-state index contributed by atoms with van der Waals surface area (Å²) in [7, 11) is 4.07. The number of hydrogen-bond donors (Lipinski definition) is 0. The maximum absolute atomic E-state index is 13.7. The molecule has 1 aromatic carbocycles. The van der Waals surface area contributed by atoms with Gasteiger partial charge in [0.2, 0.25) is 0 Å². The predicted octanol–water partition coefficient (Wildman–Crippen LogP) is 4.08.